The SMILES string of the molecule is Cc1cc(S(=O)(=O)NCc2ccn(C)n2)ccc1N. The van der Waals surface area contributed by atoms with Crippen LogP contribution in [-0.2, 0) is 23.6 Å². The van der Waals surface area contributed by atoms with E-state index in [4.69, 9.17) is 5.73 Å². The van der Waals surface area contributed by atoms with Crippen molar-refractivity contribution in [3.63, 3.8) is 0 Å². The molecule has 1 aromatic heterocycles. The summed E-state index contributed by atoms with van der Waals surface area (Å²) in [4.78, 5) is 0.204. The van der Waals surface area contributed by atoms with Crippen molar-refractivity contribution in [3.8, 4) is 0 Å². The summed E-state index contributed by atoms with van der Waals surface area (Å²) in [5.74, 6) is 0. The van der Waals surface area contributed by atoms with E-state index in [0.29, 0.717) is 11.4 Å². The van der Waals surface area contributed by atoms with E-state index in [1.165, 1.54) is 6.07 Å². The summed E-state index contributed by atoms with van der Waals surface area (Å²) < 4.78 is 28.3. The topological polar surface area (TPSA) is 90.0 Å². The van der Waals surface area contributed by atoms with E-state index in [9.17, 15) is 8.42 Å². The summed E-state index contributed by atoms with van der Waals surface area (Å²) in [7, 11) is -1.76. The minimum Gasteiger partial charge on any atom is -0.399 e. The first kappa shape index (κ1) is 13.6. The number of aryl methyl sites for hydroxylation is 2. The molecule has 0 saturated carbocycles. The average molecular weight is 280 g/mol. The summed E-state index contributed by atoms with van der Waals surface area (Å²) in [6, 6.07) is 6.39. The summed E-state index contributed by atoms with van der Waals surface area (Å²) in [6.07, 6.45) is 1.76. The molecule has 0 atom stereocenters. The quantitative estimate of drug-likeness (QED) is 0.810. The number of nitrogens with one attached hydrogen (secondary N) is 1. The number of sulfonamides is 1. The van der Waals surface area contributed by atoms with Gasteiger partial charge in [-0.15, -0.1) is 0 Å². The van der Waals surface area contributed by atoms with Crippen molar-refractivity contribution in [2.24, 2.45) is 7.05 Å². The Morgan fingerprint density at radius 2 is 2.11 bits per heavy atom. The summed E-state index contributed by atoms with van der Waals surface area (Å²) in [5.41, 5.74) is 7.65. The molecule has 0 spiro atoms. The van der Waals surface area contributed by atoms with Crippen molar-refractivity contribution in [2.75, 3.05) is 5.73 Å². The highest BCUT2D eigenvalue weighted by Gasteiger charge is 2.14. The highest BCUT2D eigenvalue weighted by Crippen LogP contribution is 2.16. The standard InChI is InChI=1S/C12H16N4O2S/c1-9-7-11(3-4-12(9)13)19(17,18)14-8-10-5-6-16(2)15-10/h3-7,14H,8,13H2,1-2H3. The van der Waals surface area contributed by atoms with Crippen LogP contribution in [0.3, 0.4) is 0 Å². The molecule has 0 radical (unpaired) electrons. The van der Waals surface area contributed by atoms with Gasteiger partial charge in [0.25, 0.3) is 0 Å². The van der Waals surface area contributed by atoms with Gasteiger partial charge in [-0.3, -0.25) is 4.68 Å². The van der Waals surface area contributed by atoms with Crippen LogP contribution in [0.1, 0.15) is 11.3 Å². The monoisotopic (exact) mass is 280 g/mol. The minimum absolute atomic E-state index is 0.159. The van der Waals surface area contributed by atoms with Gasteiger partial charge in [0.15, 0.2) is 0 Å². The minimum atomic E-state index is -3.54. The third kappa shape index (κ3) is 3.12. The number of anilines is 1. The van der Waals surface area contributed by atoms with E-state index in [0.717, 1.165) is 5.56 Å². The number of nitrogen functional groups attached to an aromatic ring is 1. The lowest BCUT2D eigenvalue weighted by Crippen LogP contribution is -2.23. The van der Waals surface area contributed by atoms with Gasteiger partial charge in [0, 0.05) is 18.9 Å². The van der Waals surface area contributed by atoms with Gasteiger partial charge >= 0.3 is 0 Å². The molecule has 0 aliphatic carbocycles. The summed E-state index contributed by atoms with van der Waals surface area (Å²) >= 11 is 0. The Balaban J connectivity index is 2.16. The average Bonchev–Trinajstić information content (AvgIpc) is 2.76. The molecule has 2 rings (SSSR count). The molecule has 19 heavy (non-hydrogen) atoms. The van der Waals surface area contributed by atoms with Crippen molar-refractivity contribution in [2.45, 2.75) is 18.4 Å². The van der Waals surface area contributed by atoms with Gasteiger partial charge in [0.1, 0.15) is 0 Å². The fourth-order valence-electron chi connectivity index (χ4n) is 1.63. The molecule has 0 saturated heterocycles. The Hall–Kier alpha value is -1.86. The van der Waals surface area contributed by atoms with Crippen LogP contribution in [0.15, 0.2) is 35.4 Å². The third-order valence-corrected chi connectivity index (χ3v) is 4.16. The zero-order valence-corrected chi connectivity index (χ0v) is 11.6. The highest BCUT2D eigenvalue weighted by atomic mass is 32.2. The number of rotatable bonds is 4. The van der Waals surface area contributed by atoms with E-state index < -0.39 is 10.0 Å². The second kappa shape index (κ2) is 5.02. The number of nitrogens with two attached hydrogens (primary N) is 1. The van der Waals surface area contributed by atoms with Crippen molar-refractivity contribution in [1.82, 2.24) is 14.5 Å². The molecule has 102 valence electrons. The third-order valence-electron chi connectivity index (χ3n) is 2.76. The lowest BCUT2D eigenvalue weighted by molar-refractivity contribution is 0.579. The molecule has 0 aliphatic rings. The van der Waals surface area contributed by atoms with Gasteiger partial charge in [-0.2, -0.15) is 5.10 Å². The van der Waals surface area contributed by atoms with E-state index >= 15 is 0 Å². The molecule has 7 heteroatoms. The van der Waals surface area contributed by atoms with E-state index in [1.807, 2.05) is 0 Å². The summed E-state index contributed by atoms with van der Waals surface area (Å²) in [5, 5.41) is 4.11. The molecule has 1 heterocycles. The molecular weight excluding hydrogens is 264 g/mol. The van der Waals surface area contributed by atoms with Gasteiger partial charge in [-0.1, -0.05) is 0 Å². The molecule has 6 nitrogen and oxygen atoms in total. The van der Waals surface area contributed by atoms with E-state index in [2.05, 4.69) is 9.82 Å². The van der Waals surface area contributed by atoms with Crippen LogP contribution in [0.25, 0.3) is 0 Å². The predicted octanol–water partition coefficient (Wildman–Crippen LogP) is 0.789. The van der Waals surface area contributed by atoms with E-state index in [-0.39, 0.29) is 11.4 Å². The number of aromatic nitrogens is 2. The van der Waals surface area contributed by atoms with Crippen molar-refractivity contribution >= 4 is 15.7 Å². The van der Waals surface area contributed by atoms with Crippen molar-refractivity contribution < 1.29 is 8.42 Å². The van der Waals surface area contributed by atoms with E-state index in [1.54, 1.807) is 43.0 Å². The number of benzene rings is 1. The smallest absolute Gasteiger partial charge is 0.240 e. The van der Waals surface area contributed by atoms with Gasteiger partial charge < -0.3 is 5.73 Å². The van der Waals surface area contributed by atoms with Gasteiger partial charge in [0.2, 0.25) is 10.0 Å². The normalized spacial score (nSPS) is 11.7. The first-order valence-corrected chi connectivity index (χ1v) is 7.21. The molecule has 1 aromatic carbocycles. The van der Waals surface area contributed by atoms with Crippen LogP contribution in [0.4, 0.5) is 5.69 Å². The Bertz CT molecular complexity index is 692. The Kier molecular flexibility index (Phi) is 3.59. The second-order valence-electron chi connectivity index (χ2n) is 4.32. The highest BCUT2D eigenvalue weighted by molar-refractivity contribution is 7.89. The maximum absolute atomic E-state index is 12.1. The Morgan fingerprint density at radius 3 is 2.68 bits per heavy atom. The number of hydrogen-bond acceptors (Lipinski definition) is 4. The molecule has 0 fully saturated rings. The molecule has 0 amide bonds. The van der Waals surface area contributed by atoms with Gasteiger partial charge in [-0.05, 0) is 36.8 Å². The molecule has 3 N–H and O–H groups in total. The predicted molar refractivity (Wildman–Crippen MR) is 72.8 cm³/mol. The fraction of sp³-hybridized carbons (Fsp3) is 0.250. The van der Waals surface area contributed by atoms with Gasteiger partial charge in [0.05, 0.1) is 17.1 Å². The fourth-order valence-corrected chi connectivity index (χ4v) is 2.71. The van der Waals surface area contributed by atoms with Crippen molar-refractivity contribution in [1.29, 1.82) is 0 Å². The zero-order chi connectivity index (χ0) is 14.0. The summed E-state index contributed by atoms with van der Waals surface area (Å²) in [6.45, 7) is 1.93. The molecule has 0 bridgehead atoms. The second-order valence-corrected chi connectivity index (χ2v) is 6.09. The first-order valence-electron chi connectivity index (χ1n) is 5.73. The maximum Gasteiger partial charge on any atom is 0.240 e. The molecular formula is C12H16N4O2S. The zero-order valence-electron chi connectivity index (χ0n) is 10.8. The van der Waals surface area contributed by atoms with Crippen LogP contribution in [0, 0.1) is 6.92 Å². The lowest BCUT2D eigenvalue weighted by atomic mass is 10.2. The number of nitrogens with zero attached hydrogens (tertiary/aromatic N) is 2. The van der Waals surface area contributed by atoms with Crippen LogP contribution in [0.2, 0.25) is 0 Å². The van der Waals surface area contributed by atoms with Gasteiger partial charge in [-0.25, -0.2) is 13.1 Å². The number of hydrogen-bond donors (Lipinski definition) is 2. The molecule has 0 aliphatic heterocycles. The van der Waals surface area contributed by atoms with Crippen LogP contribution < -0.4 is 10.5 Å². The van der Waals surface area contributed by atoms with Crippen LogP contribution >= 0.6 is 0 Å². The first-order chi connectivity index (χ1) is 8.88. The lowest BCUT2D eigenvalue weighted by Gasteiger charge is -2.07. The maximum atomic E-state index is 12.1. The molecule has 0 unspecified atom stereocenters. The van der Waals surface area contributed by atoms with Crippen LogP contribution in [-0.4, -0.2) is 18.2 Å². The van der Waals surface area contributed by atoms with Crippen LogP contribution in [0.5, 0.6) is 0 Å². The van der Waals surface area contributed by atoms with Crippen molar-refractivity contribution in [3.05, 3.63) is 41.7 Å². The Labute approximate surface area is 112 Å². The molecule has 2 aromatic rings. The largest absolute Gasteiger partial charge is 0.399 e. The Morgan fingerprint density at radius 1 is 1.37 bits per heavy atom.